The molecule has 0 saturated carbocycles. The van der Waals surface area contributed by atoms with Gasteiger partial charge in [-0.05, 0) is 45.0 Å². The van der Waals surface area contributed by atoms with Crippen molar-refractivity contribution in [2.75, 3.05) is 19.7 Å². The van der Waals surface area contributed by atoms with Gasteiger partial charge >= 0.3 is 11.7 Å². The van der Waals surface area contributed by atoms with E-state index in [1.54, 1.807) is 31.2 Å². The van der Waals surface area contributed by atoms with Gasteiger partial charge in [-0.1, -0.05) is 18.6 Å². The van der Waals surface area contributed by atoms with Crippen molar-refractivity contribution in [1.82, 2.24) is 14.5 Å². The number of carboxylic acids is 1. The molecule has 8 nitrogen and oxygen atoms in total. The fraction of sp³-hybridized carbons (Fsp3) is 0.421. The number of piperidine rings is 1. The number of hydrogen-bond donors (Lipinski definition) is 2. The molecule has 27 heavy (non-hydrogen) atoms. The lowest BCUT2D eigenvalue weighted by molar-refractivity contribution is 0.0686. The monoisotopic (exact) mass is 373 g/mol. The number of ether oxygens (including phenoxy) is 1. The van der Waals surface area contributed by atoms with E-state index in [2.05, 4.69) is 4.98 Å². The number of rotatable bonds is 6. The van der Waals surface area contributed by atoms with E-state index >= 15 is 0 Å². The SMILES string of the molecule is CCOc1ccccc1-n1c(=O)[nH]c(C(=O)O)c(CN2CCCCC2)c1=O. The first-order chi connectivity index (χ1) is 13.0. The smallest absolute Gasteiger partial charge is 0.352 e. The molecule has 1 aromatic carbocycles. The normalized spacial score (nSPS) is 14.9. The molecule has 1 fully saturated rings. The van der Waals surface area contributed by atoms with Crippen LogP contribution in [0, 0.1) is 0 Å². The van der Waals surface area contributed by atoms with Gasteiger partial charge in [-0.15, -0.1) is 0 Å². The zero-order chi connectivity index (χ0) is 19.4. The standard InChI is InChI=1S/C19H23N3O5/c1-2-27-15-9-5-4-8-14(15)22-17(23)13(12-21-10-6-3-7-11-21)16(18(24)25)20-19(22)26/h4-5,8-9H,2-3,6-7,10-12H2,1H3,(H,20,26)(H,24,25). The number of aromatic nitrogens is 2. The third-order valence-electron chi connectivity index (χ3n) is 4.65. The Hall–Kier alpha value is -2.87. The molecule has 1 aliphatic rings. The summed E-state index contributed by atoms with van der Waals surface area (Å²) in [6.07, 6.45) is 3.14. The molecule has 0 unspecified atom stereocenters. The van der Waals surface area contributed by atoms with Crippen molar-refractivity contribution < 1.29 is 14.6 Å². The molecule has 3 rings (SSSR count). The van der Waals surface area contributed by atoms with Gasteiger partial charge in [0.25, 0.3) is 5.56 Å². The van der Waals surface area contributed by atoms with Crippen LogP contribution >= 0.6 is 0 Å². The summed E-state index contributed by atoms with van der Waals surface area (Å²) in [5.41, 5.74) is -1.40. The molecule has 2 heterocycles. The Bertz CT molecular complexity index is 941. The molecule has 0 amide bonds. The molecule has 1 aliphatic heterocycles. The molecule has 1 saturated heterocycles. The van der Waals surface area contributed by atoms with E-state index in [0.717, 1.165) is 36.9 Å². The molecule has 1 aromatic heterocycles. The van der Waals surface area contributed by atoms with Crippen LogP contribution in [-0.4, -0.2) is 45.2 Å². The van der Waals surface area contributed by atoms with Gasteiger partial charge in [0, 0.05) is 6.54 Å². The lowest BCUT2D eigenvalue weighted by Crippen LogP contribution is -2.41. The number of nitrogens with zero attached hydrogens (tertiary/aromatic N) is 2. The number of hydrogen-bond acceptors (Lipinski definition) is 5. The maximum absolute atomic E-state index is 13.1. The average Bonchev–Trinajstić information content (AvgIpc) is 2.66. The molecule has 0 radical (unpaired) electrons. The third kappa shape index (κ3) is 3.95. The fourth-order valence-electron chi connectivity index (χ4n) is 3.38. The second kappa shape index (κ2) is 8.22. The predicted octanol–water partition coefficient (Wildman–Crippen LogP) is 1.61. The Morgan fingerprint density at radius 1 is 1.19 bits per heavy atom. The van der Waals surface area contributed by atoms with Crippen molar-refractivity contribution in [3.05, 3.63) is 56.4 Å². The second-order valence-electron chi connectivity index (χ2n) is 6.47. The van der Waals surface area contributed by atoms with Gasteiger partial charge in [0.2, 0.25) is 0 Å². The molecule has 0 aliphatic carbocycles. The summed E-state index contributed by atoms with van der Waals surface area (Å²) in [6.45, 7) is 3.96. The van der Waals surface area contributed by atoms with Crippen molar-refractivity contribution in [3.8, 4) is 11.4 Å². The summed E-state index contributed by atoms with van der Waals surface area (Å²) in [5.74, 6) is -0.930. The number of carbonyl (C=O) groups is 1. The van der Waals surface area contributed by atoms with Crippen LogP contribution in [-0.2, 0) is 6.54 Å². The zero-order valence-corrected chi connectivity index (χ0v) is 15.2. The predicted molar refractivity (Wildman–Crippen MR) is 99.9 cm³/mol. The number of para-hydroxylation sites is 2. The van der Waals surface area contributed by atoms with E-state index in [1.807, 2.05) is 4.90 Å². The van der Waals surface area contributed by atoms with E-state index in [-0.39, 0.29) is 17.8 Å². The maximum atomic E-state index is 13.1. The molecule has 8 heteroatoms. The molecule has 144 valence electrons. The second-order valence-corrected chi connectivity index (χ2v) is 6.47. The van der Waals surface area contributed by atoms with Gasteiger partial charge in [0.15, 0.2) is 0 Å². The molecule has 0 spiro atoms. The van der Waals surface area contributed by atoms with Gasteiger partial charge in [-0.25, -0.2) is 14.2 Å². The van der Waals surface area contributed by atoms with Crippen molar-refractivity contribution in [2.24, 2.45) is 0 Å². The first-order valence-corrected chi connectivity index (χ1v) is 9.09. The van der Waals surface area contributed by atoms with Gasteiger partial charge in [0.1, 0.15) is 11.4 Å². The molecular weight excluding hydrogens is 350 g/mol. The Morgan fingerprint density at radius 2 is 1.89 bits per heavy atom. The number of benzene rings is 1. The number of aromatic carboxylic acids is 1. The van der Waals surface area contributed by atoms with E-state index in [0.29, 0.717) is 18.0 Å². The van der Waals surface area contributed by atoms with E-state index in [9.17, 15) is 19.5 Å². The maximum Gasteiger partial charge on any atom is 0.352 e. The van der Waals surface area contributed by atoms with Gasteiger partial charge in [-0.3, -0.25) is 9.69 Å². The first-order valence-electron chi connectivity index (χ1n) is 9.09. The topological polar surface area (TPSA) is 105 Å². The number of nitrogens with one attached hydrogen (secondary N) is 1. The van der Waals surface area contributed by atoms with E-state index in [1.165, 1.54) is 0 Å². The number of aromatic amines is 1. The lowest BCUT2D eigenvalue weighted by Gasteiger charge is -2.26. The number of carboxylic acid groups (broad SMARTS) is 1. The molecule has 0 bridgehead atoms. The van der Waals surface area contributed by atoms with Crippen molar-refractivity contribution in [2.45, 2.75) is 32.7 Å². The zero-order valence-electron chi connectivity index (χ0n) is 15.2. The van der Waals surface area contributed by atoms with Crippen LogP contribution in [0.2, 0.25) is 0 Å². The molecule has 2 N–H and O–H groups in total. The molecule has 0 atom stereocenters. The van der Waals surface area contributed by atoms with Crippen LogP contribution in [0.5, 0.6) is 5.75 Å². The van der Waals surface area contributed by atoms with Crippen LogP contribution in [0.3, 0.4) is 0 Å². The van der Waals surface area contributed by atoms with Gasteiger partial charge in [-0.2, -0.15) is 0 Å². The highest BCUT2D eigenvalue weighted by molar-refractivity contribution is 5.86. The van der Waals surface area contributed by atoms with Crippen molar-refractivity contribution >= 4 is 5.97 Å². The van der Waals surface area contributed by atoms with Crippen molar-refractivity contribution in [1.29, 1.82) is 0 Å². The lowest BCUT2D eigenvalue weighted by atomic mass is 10.1. The molecule has 2 aromatic rings. The summed E-state index contributed by atoms with van der Waals surface area (Å²) >= 11 is 0. The van der Waals surface area contributed by atoms with E-state index in [4.69, 9.17) is 4.74 Å². The minimum Gasteiger partial charge on any atom is -0.492 e. The Kier molecular flexibility index (Phi) is 5.75. The highest BCUT2D eigenvalue weighted by Gasteiger charge is 2.23. The largest absolute Gasteiger partial charge is 0.492 e. The summed E-state index contributed by atoms with van der Waals surface area (Å²) in [6, 6.07) is 6.71. The third-order valence-corrected chi connectivity index (χ3v) is 4.65. The number of likely N-dealkylation sites (tertiary alicyclic amines) is 1. The van der Waals surface area contributed by atoms with Crippen LogP contribution in [0.15, 0.2) is 33.9 Å². The van der Waals surface area contributed by atoms with Crippen molar-refractivity contribution in [3.63, 3.8) is 0 Å². The van der Waals surface area contributed by atoms with E-state index < -0.39 is 17.2 Å². The summed E-state index contributed by atoms with van der Waals surface area (Å²) in [4.78, 5) is 41.7. The van der Waals surface area contributed by atoms with Crippen LogP contribution in [0.4, 0.5) is 0 Å². The Morgan fingerprint density at radius 3 is 2.56 bits per heavy atom. The Labute approximate surface area is 156 Å². The summed E-state index contributed by atoms with van der Waals surface area (Å²) < 4.78 is 6.48. The Balaban J connectivity index is 2.16. The average molecular weight is 373 g/mol. The highest BCUT2D eigenvalue weighted by atomic mass is 16.5. The first kappa shape index (κ1) is 18.9. The van der Waals surface area contributed by atoms with Gasteiger partial charge < -0.3 is 14.8 Å². The van der Waals surface area contributed by atoms with Crippen LogP contribution in [0.1, 0.15) is 42.2 Å². The minimum absolute atomic E-state index is 0.0790. The summed E-state index contributed by atoms with van der Waals surface area (Å²) in [7, 11) is 0. The fourth-order valence-corrected chi connectivity index (χ4v) is 3.38. The van der Waals surface area contributed by atoms with Crippen LogP contribution < -0.4 is 16.0 Å². The quantitative estimate of drug-likeness (QED) is 0.797. The highest BCUT2D eigenvalue weighted by Crippen LogP contribution is 2.20. The summed E-state index contributed by atoms with van der Waals surface area (Å²) in [5, 5.41) is 9.48. The number of H-pyrrole nitrogens is 1. The van der Waals surface area contributed by atoms with Gasteiger partial charge in [0.05, 0.1) is 17.9 Å². The van der Waals surface area contributed by atoms with Crippen LogP contribution in [0.25, 0.3) is 5.69 Å². The molecular formula is C19H23N3O5. The minimum atomic E-state index is -1.32.